The van der Waals surface area contributed by atoms with Crippen molar-refractivity contribution in [3.63, 3.8) is 0 Å². The molecule has 0 saturated carbocycles. The Kier molecular flexibility index (Phi) is 3.45. The predicted octanol–water partition coefficient (Wildman–Crippen LogP) is 3.11. The molecule has 0 radical (unpaired) electrons. The maximum absolute atomic E-state index is 14.4. The molecule has 0 aliphatic carbocycles. The molecular weight excluding hydrogens is 232 g/mol. The summed E-state index contributed by atoms with van der Waals surface area (Å²) in [6.45, 7) is 1.28. The summed E-state index contributed by atoms with van der Waals surface area (Å²) in [4.78, 5) is 0. The average Bonchev–Trinajstić information content (AvgIpc) is 2.25. The Morgan fingerprint density at radius 3 is 2.62 bits per heavy atom. The molecule has 4 heteroatoms. The van der Waals surface area contributed by atoms with Crippen molar-refractivity contribution in [3.05, 3.63) is 34.6 Å². The first-order valence-electron chi connectivity index (χ1n) is 5.43. The van der Waals surface area contributed by atoms with E-state index in [1.807, 2.05) is 0 Å². The van der Waals surface area contributed by atoms with Gasteiger partial charge >= 0.3 is 0 Å². The van der Waals surface area contributed by atoms with Crippen molar-refractivity contribution < 1.29 is 8.78 Å². The predicted molar refractivity (Wildman–Crippen MR) is 61.1 cm³/mol. The summed E-state index contributed by atoms with van der Waals surface area (Å²) in [7, 11) is 0. The van der Waals surface area contributed by atoms with E-state index in [0.29, 0.717) is 36.5 Å². The van der Waals surface area contributed by atoms with Crippen molar-refractivity contribution in [3.8, 4) is 0 Å². The molecule has 1 N–H and O–H groups in total. The zero-order chi connectivity index (χ0) is 11.6. The van der Waals surface area contributed by atoms with E-state index in [9.17, 15) is 8.78 Å². The second kappa shape index (κ2) is 4.68. The number of halogens is 3. The third-order valence-corrected chi connectivity index (χ3v) is 3.41. The highest BCUT2D eigenvalue weighted by atomic mass is 35.5. The summed E-state index contributed by atoms with van der Waals surface area (Å²) in [6.07, 6.45) is 0.898. The maximum Gasteiger partial charge on any atom is 0.128 e. The van der Waals surface area contributed by atoms with Crippen LogP contribution in [-0.2, 0) is 6.42 Å². The number of alkyl halides is 1. The second-order valence-electron chi connectivity index (χ2n) is 4.28. The smallest absolute Gasteiger partial charge is 0.128 e. The van der Waals surface area contributed by atoms with E-state index < -0.39 is 11.5 Å². The molecule has 1 heterocycles. The lowest BCUT2D eigenvalue weighted by atomic mass is 9.87. The van der Waals surface area contributed by atoms with Gasteiger partial charge in [0.2, 0.25) is 0 Å². The summed E-state index contributed by atoms with van der Waals surface area (Å²) < 4.78 is 27.9. The molecule has 88 valence electrons. The number of nitrogens with one attached hydrogen (secondary N) is 1. The lowest BCUT2D eigenvalue weighted by molar-refractivity contribution is 0.115. The standard InChI is InChI=1S/C12H14ClF2N/c13-10-2-1-3-11(14)9(10)8-12(15)4-6-16-7-5-12/h1-3,16H,4-8H2. The lowest BCUT2D eigenvalue weighted by Gasteiger charge is -2.30. The van der Waals surface area contributed by atoms with Crippen molar-refractivity contribution in [2.75, 3.05) is 13.1 Å². The molecule has 2 rings (SSSR count). The molecule has 0 bridgehead atoms. The molecule has 0 aromatic heterocycles. The van der Waals surface area contributed by atoms with Crippen molar-refractivity contribution in [1.82, 2.24) is 5.32 Å². The van der Waals surface area contributed by atoms with Crippen LogP contribution in [0.4, 0.5) is 8.78 Å². The van der Waals surface area contributed by atoms with Crippen LogP contribution in [0.3, 0.4) is 0 Å². The largest absolute Gasteiger partial charge is 0.316 e. The fourth-order valence-electron chi connectivity index (χ4n) is 2.07. The summed E-state index contributed by atoms with van der Waals surface area (Å²) in [6, 6.07) is 4.46. The molecule has 0 atom stereocenters. The Bertz CT molecular complexity index is 355. The molecular formula is C12H14ClF2N. The Morgan fingerprint density at radius 1 is 1.31 bits per heavy atom. The van der Waals surface area contributed by atoms with Crippen molar-refractivity contribution >= 4 is 11.6 Å². The van der Waals surface area contributed by atoms with E-state index in [0.717, 1.165) is 0 Å². The summed E-state index contributed by atoms with van der Waals surface area (Å²) >= 11 is 5.89. The Balaban J connectivity index is 2.19. The highest BCUT2D eigenvalue weighted by Crippen LogP contribution is 2.31. The molecule has 1 nitrogen and oxygen atoms in total. The Labute approximate surface area is 98.8 Å². The van der Waals surface area contributed by atoms with E-state index in [2.05, 4.69) is 5.32 Å². The van der Waals surface area contributed by atoms with Crippen molar-refractivity contribution in [2.45, 2.75) is 24.9 Å². The number of piperidine rings is 1. The highest BCUT2D eigenvalue weighted by Gasteiger charge is 2.33. The first-order chi connectivity index (χ1) is 7.61. The number of benzene rings is 1. The van der Waals surface area contributed by atoms with Gasteiger partial charge in [0.05, 0.1) is 0 Å². The molecule has 16 heavy (non-hydrogen) atoms. The van der Waals surface area contributed by atoms with Gasteiger partial charge in [0.15, 0.2) is 0 Å². The van der Waals surface area contributed by atoms with Crippen LogP contribution in [0.25, 0.3) is 0 Å². The van der Waals surface area contributed by atoms with E-state index in [4.69, 9.17) is 11.6 Å². The van der Waals surface area contributed by atoms with E-state index >= 15 is 0 Å². The van der Waals surface area contributed by atoms with Gasteiger partial charge in [0.1, 0.15) is 11.5 Å². The van der Waals surface area contributed by atoms with Gasteiger partial charge < -0.3 is 5.32 Å². The minimum absolute atomic E-state index is 0.0696. The van der Waals surface area contributed by atoms with Gasteiger partial charge in [0.25, 0.3) is 0 Å². The summed E-state index contributed by atoms with van der Waals surface area (Å²) in [5.74, 6) is -0.414. The van der Waals surface area contributed by atoms with Crippen LogP contribution in [0.1, 0.15) is 18.4 Å². The third-order valence-electron chi connectivity index (χ3n) is 3.05. The van der Waals surface area contributed by atoms with Gasteiger partial charge in [-0.05, 0) is 38.1 Å². The minimum atomic E-state index is -1.32. The van der Waals surface area contributed by atoms with Crippen LogP contribution in [0.5, 0.6) is 0 Å². The van der Waals surface area contributed by atoms with E-state index in [-0.39, 0.29) is 6.42 Å². The highest BCUT2D eigenvalue weighted by molar-refractivity contribution is 6.31. The van der Waals surface area contributed by atoms with Gasteiger partial charge in [-0.3, -0.25) is 0 Å². The molecule has 0 spiro atoms. The zero-order valence-electron chi connectivity index (χ0n) is 8.90. The fraction of sp³-hybridized carbons (Fsp3) is 0.500. The molecule has 1 saturated heterocycles. The van der Waals surface area contributed by atoms with E-state index in [1.165, 1.54) is 12.1 Å². The Morgan fingerprint density at radius 2 is 2.00 bits per heavy atom. The maximum atomic E-state index is 14.4. The Hall–Kier alpha value is -0.670. The van der Waals surface area contributed by atoms with Crippen molar-refractivity contribution in [2.24, 2.45) is 0 Å². The van der Waals surface area contributed by atoms with Gasteiger partial charge in [0, 0.05) is 17.0 Å². The summed E-state index contributed by atoms with van der Waals surface area (Å²) in [5.41, 5.74) is -1.02. The monoisotopic (exact) mass is 245 g/mol. The molecule has 1 aromatic carbocycles. The topological polar surface area (TPSA) is 12.0 Å². The van der Waals surface area contributed by atoms with Crippen LogP contribution in [0.15, 0.2) is 18.2 Å². The van der Waals surface area contributed by atoms with Gasteiger partial charge in [-0.2, -0.15) is 0 Å². The SMILES string of the molecule is Fc1cccc(Cl)c1CC1(F)CCNCC1. The average molecular weight is 246 g/mol. The van der Waals surface area contributed by atoms with Gasteiger partial charge in [-0.1, -0.05) is 17.7 Å². The van der Waals surface area contributed by atoms with Crippen LogP contribution < -0.4 is 5.32 Å². The minimum Gasteiger partial charge on any atom is -0.316 e. The number of hydrogen-bond donors (Lipinski definition) is 1. The van der Waals surface area contributed by atoms with E-state index in [1.54, 1.807) is 6.07 Å². The first-order valence-corrected chi connectivity index (χ1v) is 5.81. The molecule has 1 aliphatic rings. The normalized spacial score (nSPS) is 19.7. The molecule has 1 aliphatic heterocycles. The molecule has 0 amide bonds. The lowest BCUT2D eigenvalue weighted by Crippen LogP contribution is -2.40. The van der Waals surface area contributed by atoms with Crippen LogP contribution in [-0.4, -0.2) is 18.8 Å². The van der Waals surface area contributed by atoms with Crippen molar-refractivity contribution in [1.29, 1.82) is 0 Å². The number of rotatable bonds is 2. The zero-order valence-corrected chi connectivity index (χ0v) is 9.66. The van der Waals surface area contributed by atoms with Gasteiger partial charge in [-0.25, -0.2) is 8.78 Å². The third kappa shape index (κ3) is 2.53. The van der Waals surface area contributed by atoms with Crippen LogP contribution in [0, 0.1) is 5.82 Å². The fourth-order valence-corrected chi connectivity index (χ4v) is 2.30. The quantitative estimate of drug-likeness (QED) is 0.844. The molecule has 1 fully saturated rings. The number of hydrogen-bond acceptors (Lipinski definition) is 1. The summed E-state index contributed by atoms with van der Waals surface area (Å²) in [5, 5.41) is 3.40. The first kappa shape index (κ1) is 11.8. The second-order valence-corrected chi connectivity index (χ2v) is 4.69. The van der Waals surface area contributed by atoms with Crippen LogP contribution >= 0.6 is 11.6 Å². The van der Waals surface area contributed by atoms with Crippen LogP contribution in [0.2, 0.25) is 5.02 Å². The molecule has 1 aromatic rings. The molecule has 0 unspecified atom stereocenters. The van der Waals surface area contributed by atoms with Gasteiger partial charge in [-0.15, -0.1) is 0 Å².